The molecule has 1 saturated heterocycles. The number of benzene rings is 2. The molecule has 2 aromatic rings. The first-order valence-corrected chi connectivity index (χ1v) is 8.76. The Bertz CT molecular complexity index is 729. The summed E-state index contributed by atoms with van der Waals surface area (Å²) < 4.78 is 10.8. The molecule has 1 amide bonds. The molecule has 0 bridgehead atoms. The van der Waals surface area contributed by atoms with E-state index in [1.165, 1.54) is 0 Å². The highest BCUT2D eigenvalue weighted by atomic mass is 35.5. The van der Waals surface area contributed by atoms with Gasteiger partial charge in [0.15, 0.2) is 0 Å². The number of hydrogen-bond acceptors (Lipinski definition) is 3. The lowest BCUT2D eigenvalue weighted by atomic mass is 10.1. The van der Waals surface area contributed by atoms with Gasteiger partial charge in [0, 0.05) is 29.6 Å². The number of hydrogen-bond donors (Lipinski definition) is 0. The van der Waals surface area contributed by atoms with Gasteiger partial charge in [0.2, 0.25) is 5.91 Å². The van der Waals surface area contributed by atoms with E-state index in [4.69, 9.17) is 32.7 Å². The molecule has 4 nitrogen and oxygen atoms in total. The predicted molar refractivity (Wildman–Crippen MR) is 98.3 cm³/mol. The Kier molecular flexibility index (Phi) is 5.84. The Morgan fingerprint density at radius 1 is 1.12 bits per heavy atom. The average molecular weight is 380 g/mol. The van der Waals surface area contributed by atoms with Crippen LogP contribution in [0.4, 0.5) is 0 Å². The highest BCUT2D eigenvalue weighted by molar-refractivity contribution is 6.34. The van der Waals surface area contributed by atoms with Crippen molar-refractivity contribution in [2.75, 3.05) is 20.3 Å². The van der Waals surface area contributed by atoms with Crippen LogP contribution in [0.25, 0.3) is 0 Å². The normalized spacial score (nSPS) is 17.6. The number of nitrogens with zero attached hydrogens (tertiary/aromatic N) is 1. The van der Waals surface area contributed by atoms with Crippen LogP contribution in [0.15, 0.2) is 42.5 Å². The van der Waals surface area contributed by atoms with Gasteiger partial charge >= 0.3 is 0 Å². The van der Waals surface area contributed by atoms with Crippen LogP contribution in [0, 0.1) is 0 Å². The molecule has 1 aliphatic rings. The van der Waals surface area contributed by atoms with Crippen LogP contribution in [0.3, 0.4) is 0 Å². The average Bonchev–Trinajstić information content (AvgIpc) is 2.58. The molecule has 25 heavy (non-hydrogen) atoms. The fraction of sp³-hybridized carbons (Fsp3) is 0.316. The van der Waals surface area contributed by atoms with Crippen LogP contribution < -0.4 is 4.74 Å². The fourth-order valence-electron chi connectivity index (χ4n) is 2.90. The molecular weight excluding hydrogens is 361 g/mol. The minimum absolute atomic E-state index is 0.00352. The summed E-state index contributed by atoms with van der Waals surface area (Å²) in [6.45, 7) is 1.18. The van der Waals surface area contributed by atoms with Crippen LogP contribution in [-0.2, 0) is 22.5 Å². The minimum atomic E-state index is -0.0783. The van der Waals surface area contributed by atoms with E-state index in [0.29, 0.717) is 29.6 Å². The third-order valence-electron chi connectivity index (χ3n) is 4.14. The maximum atomic E-state index is 12.2. The molecule has 0 radical (unpaired) electrons. The molecule has 0 saturated carbocycles. The monoisotopic (exact) mass is 379 g/mol. The molecule has 1 atom stereocenters. The van der Waals surface area contributed by atoms with Crippen molar-refractivity contribution >= 4 is 29.1 Å². The molecular formula is C19H19Cl2NO3. The van der Waals surface area contributed by atoms with Gasteiger partial charge in [-0.3, -0.25) is 4.79 Å². The van der Waals surface area contributed by atoms with Gasteiger partial charge < -0.3 is 14.4 Å². The maximum absolute atomic E-state index is 12.2. The van der Waals surface area contributed by atoms with Crippen LogP contribution in [0.2, 0.25) is 10.0 Å². The van der Waals surface area contributed by atoms with Crippen molar-refractivity contribution in [2.45, 2.75) is 19.1 Å². The van der Waals surface area contributed by atoms with Crippen molar-refractivity contribution in [2.24, 2.45) is 0 Å². The zero-order chi connectivity index (χ0) is 17.8. The van der Waals surface area contributed by atoms with E-state index in [1.807, 2.05) is 41.3 Å². The van der Waals surface area contributed by atoms with Crippen LogP contribution >= 0.6 is 23.2 Å². The topological polar surface area (TPSA) is 38.8 Å². The van der Waals surface area contributed by atoms with Gasteiger partial charge in [0.25, 0.3) is 0 Å². The smallest absolute Gasteiger partial charge is 0.248 e. The van der Waals surface area contributed by atoms with Gasteiger partial charge in [0.05, 0.1) is 13.2 Å². The first-order valence-electron chi connectivity index (χ1n) is 8.01. The second-order valence-electron chi connectivity index (χ2n) is 6.04. The second-order valence-corrected chi connectivity index (χ2v) is 6.91. The van der Waals surface area contributed by atoms with Gasteiger partial charge in [-0.15, -0.1) is 0 Å². The molecule has 1 heterocycles. The number of amides is 1. The molecule has 1 fully saturated rings. The Morgan fingerprint density at radius 2 is 1.80 bits per heavy atom. The van der Waals surface area contributed by atoms with E-state index in [9.17, 15) is 4.79 Å². The molecule has 0 aliphatic carbocycles. The van der Waals surface area contributed by atoms with Crippen LogP contribution in [-0.4, -0.2) is 37.2 Å². The van der Waals surface area contributed by atoms with E-state index in [-0.39, 0.29) is 18.6 Å². The Labute approximate surface area is 157 Å². The van der Waals surface area contributed by atoms with Crippen molar-refractivity contribution in [1.29, 1.82) is 0 Å². The summed E-state index contributed by atoms with van der Waals surface area (Å²) in [5, 5.41) is 1.20. The number of halogens is 2. The summed E-state index contributed by atoms with van der Waals surface area (Å²) in [4.78, 5) is 14.0. The van der Waals surface area contributed by atoms with Crippen molar-refractivity contribution in [3.05, 3.63) is 63.6 Å². The summed E-state index contributed by atoms with van der Waals surface area (Å²) in [5.74, 6) is 0.795. The van der Waals surface area contributed by atoms with E-state index in [2.05, 4.69) is 0 Å². The highest BCUT2D eigenvalue weighted by Crippen LogP contribution is 2.22. The van der Waals surface area contributed by atoms with Crippen molar-refractivity contribution in [3.8, 4) is 5.75 Å². The lowest BCUT2D eigenvalue weighted by Crippen LogP contribution is -2.46. The SMILES string of the molecule is COc1ccc(CN2C[C@@H](Cc3cc(Cl)cc(Cl)c3)OCC2=O)cc1. The first kappa shape index (κ1) is 18.1. The number of ether oxygens (including phenoxy) is 2. The summed E-state index contributed by atoms with van der Waals surface area (Å²) in [6, 6.07) is 13.2. The van der Waals surface area contributed by atoms with E-state index in [0.717, 1.165) is 16.9 Å². The molecule has 6 heteroatoms. The van der Waals surface area contributed by atoms with Crippen molar-refractivity contribution < 1.29 is 14.3 Å². The summed E-state index contributed by atoms with van der Waals surface area (Å²) in [5.41, 5.74) is 2.06. The van der Waals surface area contributed by atoms with Crippen molar-refractivity contribution in [3.63, 3.8) is 0 Å². The number of carbonyl (C=O) groups is 1. The summed E-state index contributed by atoms with van der Waals surface area (Å²) >= 11 is 12.1. The first-order chi connectivity index (χ1) is 12.0. The number of rotatable bonds is 5. The van der Waals surface area contributed by atoms with E-state index >= 15 is 0 Å². The molecule has 2 aromatic carbocycles. The van der Waals surface area contributed by atoms with Gasteiger partial charge in [-0.2, -0.15) is 0 Å². The Hall–Kier alpha value is -1.75. The summed E-state index contributed by atoms with van der Waals surface area (Å²) in [6.07, 6.45) is 0.581. The lowest BCUT2D eigenvalue weighted by molar-refractivity contribution is -0.149. The second kappa shape index (κ2) is 8.09. The molecule has 0 spiro atoms. The third-order valence-corrected chi connectivity index (χ3v) is 4.57. The number of methoxy groups -OCH3 is 1. The van der Waals surface area contributed by atoms with Crippen LogP contribution in [0.5, 0.6) is 5.75 Å². The molecule has 0 aromatic heterocycles. The molecule has 132 valence electrons. The Balaban J connectivity index is 1.65. The standard InChI is InChI=1S/C19H19Cl2NO3/c1-24-17-4-2-13(3-5-17)10-22-11-18(25-12-19(22)23)8-14-6-15(20)9-16(21)7-14/h2-7,9,18H,8,10-12H2,1H3/t18-/m1/s1. The van der Waals surface area contributed by atoms with Crippen LogP contribution in [0.1, 0.15) is 11.1 Å². The van der Waals surface area contributed by atoms with Gasteiger partial charge in [-0.05, 0) is 41.5 Å². The van der Waals surface area contributed by atoms with Gasteiger partial charge in [0.1, 0.15) is 12.4 Å². The zero-order valence-corrected chi connectivity index (χ0v) is 15.4. The molecule has 1 aliphatic heterocycles. The van der Waals surface area contributed by atoms with E-state index < -0.39 is 0 Å². The molecule has 3 rings (SSSR count). The molecule has 0 N–H and O–H groups in total. The van der Waals surface area contributed by atoms with Gasteiger partial charge in [-0.25, -0.2) is 0 Å². The third kappa shape index (κ3) is 4.88. The number of morpholine rings is 1. The minimum Gasteiger partial charge on any atom is -0.497 e. The van der Waals surface area contributed by atoms with Gasteiger partial charge in [-0.1, -0.05) is 35.3 Å². The Morgan fingerprint density at radius 3 is 2.44 bits per heavy atom. The largest absolute Gasteiger partial charge is 0.497 e. The summed E-state index contributed by atoms with van der Waals surface area (Å²) in [7, 11) is 1.63. The lowest BCUT2D eigenvalue weighted by Gasteiger charge is -2.33. The quantitative estimate of drug-likeness (QED) is 0.788. The zero-order valence-electron chi connectivity index (χ0n) is 13.9. The maximum Gasteiger partial charge on any atom is 0.248 e. The predicted octanol–water partition coefficient (Wildman–Crippen LogP) is 3.97. The van der Waals surface area contributed by atoms with E-state index in [1.54, 1.807) is 13.2 Å². The van der Waals surface area contributed by atoms with Crippen molar-refractivity contribution in [1.82, 2.24) is 4.90 Å². The molecule has 0 unspecified atom stereocenters. The number of carbonyl (C=O) groups excluding carboxylic acids is 1. The fourth-order valence-corrected chi connectivity index (χ4v) is 3.47. The highest BCUT2D eigenvalue weighted by Gasteiger charge is 2.26.